The Kier molecular flexibility index (Phi) is 3.67. The van der Waals surface area contributed by atoms with Gasteiger partial charge in [0, 0.05) is 12.1 Å². The van der Waals surface area contributed by atoms with Gasteiger partial charge in [-0.2, -0.15) is 5.10 Å². The lowest BCUT2D eigenvalue weighted by Gasteiger charge is -2.20. The SMILES string of the molecule is O=Cc1cn(C2CCCC2)nc1C1CCS(=O)(=O)CC1. The van der Waals surface area contributed by atoms with Gasteiger partial charge in [0.05, 0.1) is 28.8 Å². The van der Waals surface area contributed by atoms with Crippen molar-refractivity contribution in [3.63, 3.8) is 0 Å². The van der Waals surface area contributed by atoms with Gasteiger partial charge in [0.1, 0.15) is 9.84 Å². The van der Waals surface area contributed by atoms with Gasteiger partial charge in [-0.3, -0.25) is 9.48 Å². The van der Waals surface area contributed by atoms with Crippen LogP contribution in [0.3, 0.4) is 0 Å². The fraction of sp³-hybridized carbons (Fsp3) is 0.714. The van der Waals surface area contributed by atoms with Gasteiger partial charge >= 0.3 is 0 Å². The van der Waals surface area contributed by atoms with Crippen molar-refractivity contribution in [1.29, 1.82) is 0 Å². The van der Waals surface area contributed by atoms with Crippen LogP contribution in [0.15, 0.2) is 6.20 Å². The summed E-state index contributed by atoms with van der Waals surface area (Å²) in [5.41, 5.74) is 1.45. The van der Waals surface area contributed by atoms with Gasteiger partial charge in [-0.15, -0.1) is 0 Å². The van der Waals surface area contributed by atoms with Crippen LogP contribution in [-0.2, 0) is 9.84 Å². The van der Waals surface area contributed by atoms with Gasteiger partial charge in [0.2, 0.25) is 0 Å². The van der Waals surface area contributed by atoms with Crippen molar-refractivity contribution in [3.05, 3.63) is 17.5 Å². The van der Waals surface area contributed by atoms with E-state index in [0.717, 1.165) is 24.8 Å². The number of aromatic nitrogens is 2. The Bertz CT molecular complexity index is 586. The van der Waals surface area contributed by atoms with Gasteiger partial charge < -0.3 is 0 Å². The lowest BCUT2D eigenvalue weighted by atomic mass is 9.96. The second-order valence-electron chi connectivity index (χ2n) is 5.93. The summed E-state index contributed by atoms with van der Waals surface area (Å²) in [5.74, 6) is 0.541. The van der Waals surface area contributed by atoms with Gasteiger partial charge in [-0.25, -0.2) is 8.42 Å². The lowest BCUT2D eigenvalue weighted by Crippen LogP contribution is -2.23. The lowest BCUT2D eigenvalue weighted by molar-refractivity contribution is 0.112. The standard InChI is InChI=1S/C14H20N2O3S/c17-10-12-9-16(13-3-1-2-4-13)15-14(12)11-5-7-20(18,19)8-6-11/h9-11,13H,1-8H2. The van der Waals surface area contributed by atoms with Crippen LogP contribution >= 0.6 is 0 Å². The minimum absolute atomic E-state index is 0.112. The van der Waals surface area contributed by atoms with Crippen LogP contribution in [0.25, 0.3) is 0 Å². The molecule has 1 aromatic heterocycles. The molecule has 0 atom stereocenters. The van der Waals surface area contributed by atoms with Crippen LogP contribution in [-0.4, -0.2) is 36.0 Å². The molecule has 0 spiro atoms. The number of sulfone groups is 1. The molecule has 1 aromatic rings. The first-order valence-electron chi connectivity index (χ1n) is 7.34. The first kappa shape index (κ1) is 13.8. The Hall–Kier alpha value is -1.17. The minimum Gasteiger partial charge on any atom is -0.298 e. The van der Waals surface area contributed by atoms with Crippen LogP contribution in [0.1, 0.15) is 66.5 Å². The summed E-state index contributed by atoms with van der Waals surface area (Å²) < 4.78 is 24.9. The third-order valence-electron chi connectivity index (χ3n) is 4.56. The van der Waals surface area contributed by atoms with E-state index in [9.17, 15) is 13.2 Å². The molecule has 1 aliphatic carbocycles. The van der Waals surface area contributed by atoms with Crippen molar-refractivity contribution in [1.82, 2.24) is 9.78 Å². The number of carbonyl (C=O) groups is 1. The molecule has 0 aromatic carbocycles. The van der Waals surface area contributed by atoms with Crippen LogP contribution in [0.4, 0.5) is 0 Å². The summed E-state index contributed by atoms with van der Waals surface area (Å²) in [6, 6.07) is 0.412. The van der Waals surface area contributed by atoms with E-state index in [1.807, 2.05) is 10.9 Å². The smallest absolute Gasteiger partial charge is 0.153 e. The van der Waals surface area contributed by atoms with E-state index < -0.39 is 9.84 Å². The van der Waals surface area contributed by atoms with Crippen molar-refractivity contribution in [2.75, 3.05) is 11.5 Å². The molecule has 0 amide bonds. The quantitative estimate of drug-likeness (QED) is 0.801. The van der Waals surface area contributed by atoms with E-state index in [1.54, 1.807) is 0 Å². The molecule has 0 unspecified atom stereocenters. The van der Waals surface area contributed by atoms with E-state index in [0.29, 0.717) is 24.4 Å². The molecule has 2 fully saturated rings. The fourth-order valence-electron chi connectivity index (χ4n) is 3.35. The molecule has 2 heterocycles. The van der Waals surface area contributed by atoms with Crippen LogP contribution < -0.4 is 0 Å². The number of hydrogen-bond acceptors (Lipinski definition) is 4. The molecule has 3 rings (SSSR count). The monoisotopic (exact) mass is 296 g/mol. The maximum Gasteiger partial charge on any atom is 0.153 e. The fourth-order valence-corrected chi connectivity index (χ4v) is 4.84. The highest BCUT2D eigenvalue weighted by atomic mass is 32.2. The number of hydrogen-bond donors (Lipinski definition) is 0. The normalized spacial score (nSPS) is 24.0. The molecule has 0 radical (unpaired) electrons. The largest absolute Gasteiger partial charge is 0.298 e. The topological polar surface area (TPSA) is 69.0 Å². The molecule has 1 aliphatic heterocycles. The Morgan fingerprint density at radius 1 is 1.15 bits per heavy atom. The van der Waals surface area contributed by atoms with E-state index in [1.165, 1.54) is 12.8 Å². The molecule has 5 nitrogen and oxygen atoms in total. The number of nitrogens with zero attached hydrogens (tertiary/aromatic N) is 2. The van der Waals surface area contributed by atoms with Crippen molar-refractivity contribution >= 4 is 16.1 Å². The van der Waals surface area contributed by atoms with E-state index in [4.69, 9.17) is 0 Å². The zero-order chi connectivity index (χ0) is 14.2. The van der Waals surface area contributed by atoms with E-state index >= 15 is 0 Å². The highest BCUT2D eigenvalue weighted by Gasteiger charge is 2.29. The van der Waals surface area contributed by atoms with Gasteiger partial charge in [0.15, 0.2) is 6.29 Å². The molecular formula is C14H20N2O3S. The maximum absolute atomic E-state index is 11.5. The van der Waals surface area contributed by atoms with Gasteiger partial charge in [-0.1, -0.05) is 12.8 Å². The first-order valence-corrected chi connectivity index (χ1v) is 9.16. The molecule has 1 saturated heterocycles. The zero-order valence-electron chi connectivity index (χ0n) is 11.5. The minimum atomic E-state index is -2.88. The van der Waals surface area contributed by atoms with E-state index in [-0.39, 0.29) is 17.4 Å². The van der Waals surface area contributed by atoms with Crippen molar-refractivity contribution in [2.45, 2.75) is 50.5 Å². The molecular weight excluding hydrogens is 276 g/mol. The molecule has 110 valence electrons. The highest BCUT2D eigenvalue weighted by molar-refractivity contribution is 7.91. The van der Waals surface area contributed by atoms with Gasteiger partial charge in [-0.05, 0) is 25.7 Å². The molecule has 20 heavy (non-hydrogen) atoms. The van der Waals surface area contributed by atoms with Crippen LogP contribution in [0, 0.1) is 0 Å². The summed E-state index contributed by atoms with van der Waals surface area (Å²) in [6.07, 6.45) is 8.57. The maximum atomic E-state index is 11.5. The van der Waals surface area contributed by atoms with Gasteiger partial charge in [0.25, 0.3) is 0 Å². The second-order valence-corrected chi connectivity index (χ2v) is 8.24. The average Bonchev–Trinajstić information content (AvgIpc) is 3.07. The number of carbonyl (C=O) groups excluding carboxylic acids is 1. The molecule has 1 saturated carbocycles. The molecule has 0 N–H and O–H groups in total. The summed E-state index contributed by atoms with van der Waals surface area (Å²) >= 11 is 0. The Balaban J connectivity index is 1.83. The third kappa shape index (κ3) is 2.66. The predicted octanol–water partition coefficient (Wildman–Crippen LogP) is 2.10. The number of rotatable bonds is 3. The molecule has 6 heteroatoms. The number of aldehydes is 1. The second kappa shape index (κ2) is 5.31. The first-order chi connectivity index (χ1) is 9.59. The summed E-state index contributed by atoms with van der Waals surface area (Å²) in [6.45, 7) is 0. The summed E-state index contributed by atoms with van der Waals surface area (Å²) in [7, 11) is -2.88. The van der Waals surface area contributed by atoms with E-state index in [2.05, 4.69) is 5.10 Å². The Labute approximate surface area is 119 Å². The van der Waals surface area contributed by atoms with Crippen molar-refractivity contribution in [3.8, 4) is 0 Å². The van der Waals surface area contributed by atoms with Crippen LogP contribution in [0.5, 0.6) is 0 Å². The predicted molar refractivity (Wildman–Crippen MR) is 75.7 cm³/mol. The summed E-state index contributed by atoms with van der Waals surface area (Å²) in [4.78, 5) is 11.3. The third-order valence-corrected chi connectivity index (χ3v) is 6.27. The zero-order valence-corrected chi connectivity index (χ0v) is 12.3. The summed E-state index contributed by atoms with van der Waals surface area (Å²) in [5, 5.41) is 4.63. The van der Waals surface area contributed by atoms with Crippen LogP contribution in [0.2, 0.25) is 0 Å². The Morgan fingerprint density at radius 2 is 1.80 bits per heavy atom. The highest BCUT2D eigenvalue weighted by Crippen LogP contribution is 2.33. The van der Waals surface area contributed by atoms with Crippen molar-refractivity contribution < 1.29 is 13.2 Å². The Morgan fingerprint density at radius 3 is 2.40 bits per heavy atom. The average molecular weight is 296 g/mol. The van der Waals surface area contributed by atoms with Crippen molar-refractivity contribution in [2.24, 2.45) is 0 Å². The molecule has 2 aliphatic rings. The molecule has 0 bridgehead atoms.